The molecule has 6 heterocycles. The van der Waals surface area contributed by atoms with Gasteiger partial charge in [-0.05, 0) is 71.7 Å². The van der Waals surface area contributed by atoms with Crippen LogP contribution in [0.3, 0.4) is 0 Å². The highest BCUT2D eigenvalue weighted by atomic mass is 15.2. The average molecular weight is 668 g/mol. The van der Waals surface area contributed by atoms with E-state index in [0.717, 1.165) is 88.3 Å². The molecule has 0 fully saturated rings. The van der Waals surface area contributed by atoms with Crippen molar-refractivity contribution in [3.05, 3.63) is 164 Å². The highest BCUT2D eigenvalue weighted by molar-refractivity contribution is 6.22. The van der Waals surface area contributed by atoms with Crippen molar-refractivity contribution in [1.29, 1.82) is 0 Å². The van der Waals surface area contributed by atoms with Crippen LogP contribution in [0.1, 0.15) is 0 Å². The molecule has 0 atom stereocenters. The van der Waals surface area contributed by atoms with Crippen LogP contribution < -0.4 is 4.57 Å². The van der Waals surface area contributed by atoms with E-state index >= 15 is 0 Å². The maximum absolute atomic E-state index is 5.37. The van der Waals surface area contributed by atoms with Gasteiger partial charge in [-0.2, -0.15) is 4.57 Å². The molecule has 11 rings (SSSR count). The number of aromatic nitrogens is 8. The van der Waals surface area contributed by atoms with E-state index in [2.05, 4.69) is 111 Å². The van der Waals surface area contributed by atoms with Crippen LogP contribution in [0.25, 0.3) is 94.3 Å². The van der Waals surface area contributed by atoms with Crippen molar-refractivity contribution in [2.24, 2.45) is 0 Å². The van der Waals surface area contributed by atoms with Crippen LogP contribution >= 0.6 is 0 Å². The van der Waals surface area contributed by atoms with Crippen LogP contribution in [-0.4, -0.2) is 34.1 Å². The van der Waals surface area contributed by atoms with Gasteiger partial charge in [0, 0.05) is 45.5 Å². The van der Waals surface area contributed by atoms with Crippen molar-refractivity contribution in [2.75, 3.05) is 0 Å². The molecule has 0 spiro atoms. The highest BCUT2D eigenvalue weighted by Gasteiger charge is 2.27. The van der Waals surface area contributed by atoms with E-state index in [1.165, 1.54) is 0 Å². The van der Waals surface area contributed by atoms with Gasteiger partial charge in [0.05, 0.1) is 44.4 Å². The lowest BCUT2D eigenvalue weighted by atomic mass is 10.1. The first-order chi connectivity index (χ1) is 25.8. The summed E-state index contributed by atoms with van der Waals surface area (Å²) >= 11 is 0. The van der Waals surface area contributed by atoms with Gasteiger partial charge in [0.2, 0.25) is 6.33 Å². The Morgan fingerprint density at radius 2 is 1.19 bits per heavy atom. The van der Waals surface area contributed by atoms with E-state index < -0.39 is 0 Å². The lowest BCUT2D eigenvalue weighted by Gasteiger charge is -2.13. The molecule has 0 bridgehead atoms. The number of rotatable bonds is 4. The molecule has 0 unspecified atom stereocenters. The van der Waals surface area contributed by atoms with E-state index in [4.69, 9.17) is 19.9 Å². The summed E-state index contributed by atoms with van der Waals surface area (Å²) in [7, 11) is 0. The van der Waals surface area contributed by atoms with Crippen LogP contribution in [0.4, 0.5) is 0 Å². The third-order valence-electron chi connectivity index (χ3n) is 10.0. The Balaban J connectivity index is 1.30. The number of nitrogens with zero attached hydrogens (tertiary/aromatic N) is 8. The van der Waals surface area contributed by atoms with E-state index in [-0.39, 0.29) is 0 Å². The fourth-order valence-electron chi connectivity index (χ4n) is 7.76. The second kappa shape index (κ2) is 11.1. The van der Waals surface area contributed by atoms with Crippen molar-refractivity contribution in [3.63, 3.8) is 0 Å². The van der Waals surface area contributed by atoms with Gasteiger partial charge >= 0.3 is 5.95 Å². The van der Waals surface area contributed by atoms with E-state index in [0.29, 0.717) is 5.95 Å². The Morgan fingerprint density at radius 1 is 0.462 bits per heavy atom. The molecular weight excluding hydrogens is 641 g/mol. The summed E-state index contributed by atoms with van der Waals surface area (Å²) in [6.07, 6.45) is 7.61. The van der Waals surface area contributed by atoms with Gasteiger partial charge in [-0.15, -0.1) is 0 Å². The summed E-state index contributed by atoms with van der Waals surface area (Å²) in [4.78, 5) is 25.1. The van der Waals surface area contributed by atoms with Gasteiger partial charge < -0.3 is 4.57 Å². The summed E-state index contributed by atoms with van der Waals surface area (Å²) in [5, 5.41) is 5.22. The SMILES string of the molecule is c1ccc(-c2nc(-n3c4ccccc4c4ncc5c6ccccc6n(-c6ccnc7c6ccc6ncccc67)c5c43)nc[n+]2-c2ccccc2)cc1. The topological polar surface area (TPSA) is 78.2 Å². The number of benzene rings is 5. The summed E-state index contributed by atoms with van der Waals surface area (Å²) in [5.41, 5.74) is 9.68. The Kier molecular flexibility index (Phi) is 6.08. The quantitative estimate of drug-likeness (QED) is 0.138. The lowest BCUT2D eigenvalue weighted by Crippen LogP contribution is -2.35. The Bertz CT molecular complexity index is 3180. The summed E-state index contributed by atoms with van der Waals surface area (Å²) in [5.74, 6) is 1.34. The predicted octanol–water partition coefficient (Wildman–Crippen LogP) is 9.11. The molecule has 0 radical (unpaired) electrons. The average Bonchev–Trinajstić information content (AvgIpc) is 3.74. The molecule has 0 saturated carbocycles. The van der Waals surface area contributed by atoms with Crippen LogP contribution in [-0.2, 0) is 0 Å². The molecule has 0 amide bonds. The molecule has 8 heteroatoms. The monoisotopic (exact) mass is 667 g/mol. The fraction of sp³-hybridized carbons (Fsp3) is 0. The van der Waals surface area contributed by atoms with E-state index in [1.807, 2.05) is 71.9 Å². The normalized spacial score (nSPS) is 11.8. The van der Waals surface area contributed by atoms with Crippen molar-refractivity contribution >= 4 is 65.5 Å². The highest BCUT2D eigenvalue weighted by Crippen LogP contribution is 2.41. The Hall–Kier alpha value is -7.32. The maximum Gasteiger partial charge on any atom is 0.387 e. The molecule has 242 valence electrons. The smallest absolute Gasteiger partial charge is 0.306 e. The zero-order valence-corrected chi connectivity index (χ0v) is 27.7. The predicted molar refractivity (Wildman–Crippen MR) is 206 cm³/mol. The van der Waals surface area contributed by atoms with Crippen LogP contribution in [0, 0.1) is 0 Å². The zero-order chi connectivity index (χ0) is 34.2. The zero-order valence-electron chi connectivity index (χ0n) is 27.7. The van der Waals surface area contributed by atoms with E-state index in [1.54, 1.807) is 0 Å². The number of fused-ring (bicyclic) bond motifs is 10. The van der Waals surface area contributed by atoms with Crippen LogP contribution in [0.15, 0.2) is 164 Å². The second-order valence-electron chi connectivity index (χ2n) is 12.8. The first kappa shape index (κ1) is 28.5. The molecule has 0 N–H and O–H groups in total. The van der Waals surface area contributed by atoms with Gasteiger partial charge in [0.25, 0.3) is 5.82 Å². The third kappa shape index (κ3) is 4.09. The molecule has 6 aromatic heterocycles. The number of hydrogen-bond acceptors (Lipinski definition) is 5. The molecular formula is C44H27N8+. The van der Waals surface area contributed by atoms with E-state index in [9.17, 15) is 0 Å². The minimum absolute atomic E-state index is 0.556. The van der Waals surface area contributed by atoms with Crippen molar-refractivity contribution in [2.45, 2.75) is 0 Å². The number of hydrogen-bond donors (Lipinski definition) is 0. The van der Waals surface area contributed by atoms with Gasteiger partial charge in [0.1, 0.15) is 11.2 Å². The van der Waals surface area contributed by atoms with Crippen LogP contribution in [0.5, 0.6) is 0 Å². The molecule has 0 aliphatic rings. The van der Waals surface area contributed by atoms with Crippen molar-refractivity contribution in [3.8, 4) is 28.7 Å². The minimum Gasteiger partial charge on any atom is -0.306 e. The van der Waals surface area contributed by atoms with Gasteiger partial charge in [-0.3, -0.25) is 15.0 Å². The molecule has 52 heavy (non-hydrogen) atoms. The van der Waals surface area contributed by atoms with Gasteiger partial charge in [-0.1, -0.05) is 77.8 Å². The summed E-state index contributed by atoms with van der Waals surface area (Å²) < 4.78 is 6.58. The number of pyridine rings is 3. The Labute approximate surface area is 296 Å². The number of para-hydroxylation sites is 3. The van der Waals surface area contributed by atoms with Crippen molar-refractivity contribution in [1.82, 2.24) is 34.1 Å². The largest absolute Gasteiger partial charge is 0.387 e. The first-order valence-corrected chi connectivity index (χ1v) is 17.2. The minimum atomic E-state index is 0.556. The van der Waals surface area contributed by atoms with Crippen molar-refractivity contribution < 1.29 is 4.57 Å². The second-order valence-corrected chi connectivity index (χ2v) is 12.8. The molecule has 0 aliphatic heterocycles. The Morgan fingerprint density at radius 3 is 2.04 bits per heavy atom. The first-order valence-electron chi connectivity index (χ1n) is 17.2. The standard InChI is InChI=1S/C44H27N8/c1-3-12-28(13-4-1)43-49-44(48-27-50(43)29-14-5-2-6-15-29)52-37-20-10-8-17-32(37)40-42(52)41-34(26-47-40)30-16-7-9-19-36(30)51(41)38-23-25-46-39-31-18-11-24-45-35(31)22-21-33(38)39/h1-27H/q+1. The lowest BCUT2D eigenvalue weighted by molar-refractivity contribution is -0.590. The fourth-order valence-corrected chi connectivity index (χ4v) is 7.76. The third-order valence-corrected chi connectivity index (χ3v) is 10.0. The maximum atomic E-state index is 5.37. The molecule has 11 aromatic rings. The van der Waals surface area contributed by atoms with Crippen LogP contribution in [0.2, 0.25) is 0 Å². The molecule has 8 nitrogen and oxygen atoms in total. The molecule has 5 aromatic carbocycles. The summed E-state index contributed by atoms with van der Waals surface area (Å²) in [6.45, 7) is 0. The van der Waals surface area contributed by atoms with Gasteiger partial charge in [0.15, 0.2) is 0 Å². The van der Waals surface area contributed by atoms with Gasteiger partial charge in [-0.25, -0.2) is 4.57 Å². The summed E-state index contributed by atoms with van der Waals surface area (Å²) in [6, 6.07) is 47.8. The molecule has 0 saturated heterocycles. The molecule has 0 aliphatic carbocycles.